The molecule has 5 rings (SSSR count). The van der Waals surface area contributed by atoms with E-state index in [0.29, 0.717) is 18.3 Å². The van der Waals surface area contributed by atoms with Crippen LogP contribution in [0.2, 0.25) is 0 Å². The van der Waals surface area contributed by atoms with E-state index in [1.165, 1.54) is 11.1 Å². The number of aliphatic hydroxyl groups excluding tert-OH is 1. The number of carbonyl (C=O) groups excluding carboxylic acids is 1. The van der Waals surface area contributed by atoms with Gasteiger partial charge < -0.3 is 5.11 Å². The van der Waals surface area contributed by atoms with Crippen molar-refractivity contribution in [2.24, 2.45) is 28.6 Å². The number of aliphatic hydroxyl groups is 1. The summed E-state index contributed by atoms with van der Waals surface area (Å²) in [5.41, 5.74) is 5.81. The summed E-state index contributed by atoms with van der Waals surface area (Å²) < 4.78 is 12.7. The molecule has 0 aromatic heterocycles. The quantitative estimate of drug-likeness (QED) is 0.637. The van der Waals surface area contributed by atoms with Crippen LogP contribution in [0, 0.1) is 28.6 Å². The van der Waals surface area contributed by atoms with Crippen LogP contribution in [0.3, 0.4) is 0 Å². The SMILES string of the molecule is C[C@]12CCC(=O)C=C1CC[C@@H]1[C@@H]2C(O)C[C@]2(C)C(=C=CS(=O)c3ccccc3)CC[C@@H]12. The van der Waals surface area contributed by atoms with Gasteiger partial charge in [-0.25, -0.2) is 4.21 Å². The van der Waals surface area contributed by atoms with Gasteiger partial charge in [0.1, 0.15) is 0 Å². The van der Waals surface area contributed by atoms with Crippen molar-refractivity contribution < 1.29 is 14.1 Å². The first-order chi connectivity index (χ1) is 14.8. The molecule has 0 amide bonds. The van der Waals surface area contributed by atoms with E-state index in [4.69, 9.17) is 0 Å². The van der Waals surface area contributed by atoms with Gasteiger partial charge in [0.25, 0.3) is 0 Å². The van der Waals surface area contributed by atoms with Crippen molar-refractivity contribution in [1.82, 2.24) is 0 Å². The predicted molar refractivity (Wildman–Crippen MR) is 123 cm³/mol. The molecule has 1 aromatic carbocycles. The molecule has 31 heavy (non-hydrogen) atoms. The van der Waals surface area contributed by atoms with E-state index in [0.717, 1.165) is 43.4 Å². The zero-order valence-electron chi connectivity index (χ0n) is 18.5. The van der Waals surface area contributed by atoms with Crippen molar-refractivity contribution in [1.29, 1.82) is 0 Å². The average Bonchev–Trinajstić information content (AvgIpc) is 3.08. The molecule has 0 aliphatic heterocycles. The van der Waals surface area contributed by atoms with E-state index in [1.54, 1.807) is 5.41 Å². The van der Waals surface area contributed by atoms with Crippen molar-refractivity contribution in [3.8, 4) is 0 Å². The van der Waals surface area contributed by atoms with Gasteiger partial charge in [0.15, 0.2) is 5.78 Å². The zero-order valence-corrected chi connectivity index (χ0v) is 19.3. The number of rotatable bonds is 2. The molecular formula is C27H32O3S. The third kappa shape index (κ3) is 3.35. The molecule has 4 aliphatic rings. The van der Waals surface area contributed by atoms with Crippen molar-refractivity contribution >= 4 is 16.6 Å². The fraction of sp³-hybridized carbons (Fsp3) is 0.556. The molecule has 3 nitrogen and oxygen atoms in total. The Morgan fingerprint density at radius 3 is 2.65 bits per heavy atom. The Morgan fingerprint density at radius 1 is 1.10 bits per heavy atom. The van der Waals surface area contributed by atoms with E-state index in [1.807, 2.05) is 36.4 Å². The van der Waals surface area contributed by atoms with Crippen LogP contribution in [0.1, 0.15) is 58.8 Å². The second-order valence-electron chi connectivity index (χ2n) is 10.5. The number of allylic oxidation sites excluding steroid dienone is 2. The third-order valence-corrected chi connectivity index (χ3v) is 10.1. The highest BCUT2D eigenvalue weighted by Gasteiger charge is 2.60. The van der Waals surface area contributed by atoms with Crippen LogP contribution in [-0.4, -0.2) is 21.2 Å². The van der Waals surface area contributed by atoms with Gasteiger partial charge in [-0.1, -0.05) is 37.6 Å². The molecule has 4 aliphatic carbocycles. The van der Waals surface area contributed by atoms with Crippen LogP contribution in [0.5, 0.6) is 0 Å². The number of ketones is 1. The minimum atomic E-state index is -1.20. The molecule has 3 saturated carbocycles. The van der Waals surface area contributed by atoms with Crippen LogP contribution in [0.15, 0.2) is 63.6 Å². The average molecular weight is 437 g/mol. The van der Waals surface area contributed by atoms with Crippen molar-refractivity contribution in [3.05, 3.63) is 58.7 Å². The van der Waals surface area contributed by atoms with Crippen LogP contribution >= 0.6 is 0 Å². The summed E-state index contributed by atoms with van der Waals surface area (Å²) >= 11 is 0. The Bertz CT molecular complexity index is 1020. The van der Waals surface area contributed by atoms with E-state index >= 15 is 0 Å². The number of carbonyl (C=O) groups is 1. The lowest BCUT2D eigenvalue weighted by Gasteiger charge is -2.59. The van der Waals surface area contributed by atoms with Crippen molar-refractivity contribution in [2.75, 3.05) is 0 Å². The number of hydrogen-bond acceptors (Lipinski definition) is 3. The summed E-state index contributed by atoms with van der Waals surface area (Å²) in [6.45, 7) is 4.59. The Hall–Kier alpha value is -1.74. The van der Waals surface area contributed by atoms with Gasteiger partial charge in [0.2, 0.25) is 0 Å². The highest BCUT2D eigenvalue weighted by Crippen LogP contribution is 2.66. The van der Waals surface area contributed by atoms with E-state index in [2.05, 4.69) is 19.6 Å². The minimum Gasteiger partial charge on any atom is -0.393 e. The molecule has 3 fully saturated rings. The maximum Gasteiger partial charge on any atom is 0.155 e. The first-order valence-corrected chi connectivity index (χ1v) is 12.9. The summed E-state index contributed by atoms with van der Waals surface area (Å²) in [4.78, 5) is 12.8. The van der Waals surface area contributed by atoms with Gasteiger partial charge in [-0.05, 0) is 85.5 Å². The van der Waals surface area contributed by atoms with E-state index in [-0.39, 0.29) is 28.6 Å². The first kappa shape index (κ1) is 21.1. The molecule has 2 unspecified atom stereocenters. The molecule has 0 radical (unpaired) electrons. The predicted octanol–water partition coefficient (Wildman–Crippen LogP) is 5.34. The molecule has 7 atom stereocenters. The van der Waals surface area contributed by atoms with Crippen LogP contribution in [0.4, 0.5) is 0 Å². The Morgan fingerprint density at radius 2 is 1.87 bits per heavy atom. The molecule has 1 N–H and O–H groups in total. The Kier molecular flexibility index (Phi) is 5.24. The summed E-state index contributed by atoms with van der Waals surface area (Å²) in [6.07, 6.45) is 7.87. The Labute approximate surface area is 187 Å². The van der Waals surface area contributed by atoms with Crippen molar-refractivity contribution in [3.63, 3.8) is 0 Å². The maximum absolute atomic E-state index is 12.7. The highest BCUT2D eigenvalue weighted by atomic mass is 32.2. The highest BCUT2D eigenvalue weighted by molar-refractivity contribution is 7.88. The smallest absolute Gasteiger partial charge is 0.155 e. The summed E-state index contributed by atoms with van der Waals surface area (Å²) in [6, 6.07) is 9.51. The zero-order chi connectivity index (χ0) is 21.8. The Balaban J connectivity index is 1.46. The second kappa shape index (κ2) is 7.69. The first-order valence-electron chi connectivity index (χ1n) is 11.7. The normalized spacial score (nSPS) is 40.2. The van der Waals surface area contributed by atoms with Gasteiger partial charge in [0.05, 0.1) is 16.9 Å². The third-order valence-electron chi connectivity index (χ3n) is 9.00. The van der Waals surface area contributed by atoms with Crippen molar-refractivity contribution in [2.45, 2.75) is 69.8 Å². The molecular weight excluding hydrogens is 404 g/mol. The maximum atomic E-state index is 12.7. The van der Waals surface area contributed by atoms with Crippen LogP contribution in [-0.2, 0) is 15.6 Å². The lowest BCUT2D eigenvalue weighted by Crippen LogP contribution is -2.55. The number of benzene rings is 1. The molecule has 1 aromatic rings. The largest absolute Gasteiger partial charge is 0.393 e. The lowest BCUT2D eigenvalue weighted by atomic mass is 9.46. The monoisotopic (exact) mass is 436 g/mol. The van der Waals surface area contributed by atoms with Gasteiger partial charge in [-0.15, -0.1) is 5.73 Å². The molecule has 4 heteroatoms. The molecule has 0 heterocycles. The lowest BCUT2D eigenvalue weighted by molar-refractivity contribution is -0.124. The summed E-state index contributed by atoms with van der Waals surface area (Å²) in [7, 11) is -1.20. The van der Waals surface area contributed by atoms with E-state index in [9.17, 15) is 14.1 Å². The standard InChI is InChI=1S/C27H32O3S/c1-26-14-12-20(28)16-19(26)8-10-22-23-11-9-18(27(23,2)17-24(29)25(22)26)13-15-31(30)21-6-4-3-5-7-21/h3-7,15-16,22-25,29H,8-12,14,17H2,1-2H3/t13?,22-,23-,24?,25+,26-,27+,31?/m0/s1. The molecule has 0 saturated heterocycles. The van der Waals surface area contributed by atoms with Gasteiger partial charge in [-0.3, -0.25) is 4.79 Å². The van der Waals surface area contributed by atoms with Gasteiger partial charge in [-0.2, -0.15) is 0 Å². The topological polar surface area (TPSA) is 54.4 Å². The molecule has 0 bridgehead atoms. The summed E-state index contributed by atoms with van der Waals surface area (Å²) in [5.74, 6) is 1.49. The fourth-order valence-electron chi connectivity index (χ4n) is 7.48. The van der Waals surface area contributed by atoms with Gasteiger partial charge in [0, 0.05) is 22.1 Å². The van der Waals surface area contributed by atoms with Crippen LogP contribution < -0.4 is 0 Å². The molecule has 164 valence electrons. The van der Waals surface area contributed by atoms with E-state index < -0.39 is 10.8 Å². The van der Waals surface area contributed by atoms with Crippen LogP contribution in [0.25, 0.3) is 0 Å². The molecule has 0 spiro atoms. The number of fused-ring (bicyclic) bond motifs is 5. The minimum absolute atomic E-state index is 0.0469. The summed E-state index contributed by atoms with van der Waals surface area (Å²) in [5, 5.41) is 13.2. The fourth-order valence-corrected chi connectivity index (χ4v) is 8.29. The number of hydrogen-bond donors (Lipinski definition) is 1. The van der Waals surface area contributed by atoms with Gasteiger partial charge >= 0.3 is 0 Å². The second-order valence-corrected chi connectivity index (χ2v) is 11.8.